The Labute approximate surface area is 190 Å². The van der Waals surface area contributed by atoms with E-state index in [9.17, 15) is 9.59 Å². The number of likely N-dealkylation sites (tertiary alicyclic amines) is 1. The molecule has 0 bridgehead atoms. The maximum atomic E-state index is 12.3. The van der Waals surface area contributed by atoms with Crippen LogP contribution in [-0.4, -0.2) is 74.4 Å². The predicted octanol–water partition coefficient (Wildman–Crippen LogP) is 0.441. The second-order valence-corrected chi connectivity index (χ2v) is 7.52. The van der Waals surface area contributed by atoms with Crippen LogP contribution >= 0.6 is 0 Å². The average Bonchev–Trinajstić information content (AvgIpc) is 3.53. The van der Waals surface area contributed by atoms with Crippen molar-refractivity contribution in [1.29, 1.82) is 0 Å². The van der Waals surface area contributed by atoms with Crippen molar-refractivity contribution in [2.24, 2.45) is 5.73 Å². The summed E-state index contributed by atoms with van der Waals surface area (Å²) in [6.45, 7) is 4.35. The molecule has 2 amide bonds. The van der Waals surface area contributed by atoms with Gasteiger partial charge in [-0.05, 0) is 30.4 Å². The van der Waals surface area contributed by atoms with E-state index in [1.165, 1.54) is 6.08 Å². The van der Waals surface area contributed by atoms with Crippen LogP contribution in [-0.2, 0) is 9.53 Å². The van der Waals surface area contributed by atoms with E-state index in [2.05, 4.69) is 38.9 Å². The topological polar surface area (TPSA) is 133 Å². The average molecular weight is 448 g/mol. The summed E-state index contributed by atoms with van der Waals surface area (Å²) in [5, 5.41) is 11.7. The van der Waals surface area contributed by atoms with Gasteiger partial charge in [-0.25, -0.2) is 14.2 Å². The van der Waals surface area contributed by atoms with Gasteiger partial charge in [-0.2, -0.15) is 10.2 Å². The zero-order valence-electron chi connectivity index (χ0n) is 18.4. The Kier molecular flexibility index (Phi) is 6.10. The van der Waals surface area contributed by atoms with E-state index in [-0.39, 0.29) is 29.2 Å². The zero-order valence-corrected chi connectivity index (χ0v) is 18.4. The maximum Gasteiger partial charge on any atom is 0.255 e. The molecule has 4 heterocycles. The Morgan fingerprint density at radius 2 is 2.21 bits per heavy atom. The predicted molar refractivity (Wildman–Crippen MR) is 120 cm³/mol. The van der Waals surface area contributed by atoms with Crippen molar-refractivity contribution < 1.29 is 14.3 Å². The van der Waals surface area contributed by atoms with E-state index in [1.54, 1.807) is 52.8 Å². The number of primary amides is 1. The number of nitrogens with one attached hydrogen (secondary N) is 1. The number of hydrogen-bond acceptors (Lipinski definition) is 7. The number of nitrogens with zero attached hydrogens (tertiary/aromatic N) is 6. The van der Waals surface area contributed by atoms with Crippen LogP contribution in [0.3, 0.4) is 0 Å². The highest BCUT2D eigenvalue weighted by atomic mass is 16.5. The van der Waals surface area contributed by atoms with Crippen molar-refractivity contribution in [2.45, 2.75) is 18.5 Å². The lowest BCUT2D eigenvalue weighted by Crippen LogP contribution is -2.37. The number of fused-ring (bicyclic) bond motifs is 1. The molecule has 3 N–H and O–H groups in total. The van der Waals surface area contributed by atoms with Crippen LogP contribution in [0.1, 0.15) is 34.2 Å². The standard InChI is InChI=1S/C22H24N8O3/c1-4-19(31)28-12-15(11-16(28)13-33-3)30-22(24-2)20(21(23)32)17(27-30)6-5-14-8-10-29-18(26-14)7-9-25-29/h4,7-10,15-16,24H,1,11-13H2,2-3H3,(H2,23,32)/t15-,16+/m0/s1. The Balaban J connectivity index is 1.72. The zero-order chi connectivity index (χ0) is 23.5. The van der Waals surface area contributed by atoms with Gasteiger partial charge in [-0.1, -0.05) is 6.58 Å². The fourth-order valence-corrected chi connectivity index (χ4v) is 4.07. The molecule has 0 spiro atoms. The van der Waals surface area contributed by atoms with Gasteiger partial charge in [0.1, 0.15) is 17.1 Å². The number of hydrogen-bond donors (Lipinski definition) is 2. The van der Waals surface area contributed by atoms with Crippen LogP contribution in [0.25, 0.3) is 5.65 Å². The molecule has 0 aromatic carbocycles. The van der Waals surface area contributed by atoms with Crippen LogP contribution < -0.4 is 11.1 Å². The Morgan fingerprint density at radius 3 is 2.91 bits per heavy atom. The molecular formula is C22H24N8O3. The lowest BCUT2D eigenvalue weighted by molar-refractivity contribution is -0.127. The second kappa shape index (κ2) is 9.13. The van der Waals surface area contributed by atoms with Gasteiger partial charge in [-0.3, -0.25) is 9.59 Å². The molecule has 1 fully saturated rings. The third-order valence-electron chi connectivity index (χ3n) is 5.52. The summed E-state index contributed by atoms with van der Waals surface area (Å²) in [6.07, 6.45) is 5.26. The molecular weight excluding hydrogens is 424 g/mol. The van der Waals surface area contributed by atoms with Gasteiger partial charge in [0, 0.05) is 33.0 Å². The van der Waals surface area contributed by atoms with Gasteiger partial charge >= 0.3 is 0 Å². The monoisotopic (exact) mass is 448 g/mol. The van der Waals surface area contributed by atoms with Crippen LogP contribution in [0.2, 0.25) is 0 Å². The molecule has 1 saturated heterocycles. The van der Waals surface area contributed by atoms with Crippen LogP contribution in [0.4, 0.5) is 5.82 Å². The lowest BCUT2D eigenvalue weighted by atomic mass is 10.1. The van der Waals surface area contributed by atoms with Gasteiger partial charge < -0.3 is 20.7 Å². The molecule has 11 heteroatoms. The number of ether oxygens (including phenoxy) is 1. The lowest BCUT2D eigenvalue weighted by Gasteiger charge is -2.22. The summed E-state index contributed by atoms with van der Waals surface area (Å²) in [7, 11) is 3.27. The van der Waals surface area contributed by atoms with Crippen molar-refractivity contribution in [2.75, 3.05) is 32.6 Å². The summed E-state index contributed by atoms with van der Waals surface area (Å²) >= 11 is 0. The first kappa shape index (κ1) is 22.0. The molecule has 0 aliphatic carbocycles. The summed E-state index contributed by atoms with van der Waals surface area (Å²) in [5.41, 5.74) is 7.26. The molecule has 1 aliphatic rings. The fourth-order valence-electron chi connectivity index (χ4n) is 4.07. The first-order valence-electron chi connectivity index (χ1n) is 10.3. The van der Waals surface area contributed by atoms with Gasteiger partial charge in [0.2, 0.25) is 5.91 Å². The SMILES string of the molecule is C=CC(=O)N1C[C@@H](n2nc(C#Cc3ccn4nccc4n3)c(C(N)=O)c2NC)C[C@@H]1COC. The van der Waals surface area contributed by atoms with Crippen LogP contribution in [0.15, 0.2) is 37.2 Å². The molecule has 0 radical (unpaired) electrons. The van der Waals surface area contributed by atoms with Gasteiger partial charge in [0.25, 0.3) is 5.91 Å². The largest absolute Gasteiger partial charge is 0.383 e. The minimum atomic E-state index is -0.653. The number of carbonyl (C=O) groups is 2. The molecule has 11 nitrogen and oxygen atoms in total. The van der Waals surface area contributed by atoms with E-state index >= 15 is 0 Å². The number of rotatable bonds is 6. The van der Waals surface area contributed by atoms with Crippen LogP contribution in [0, 0.1) is 11.8 Å². The highest BCUT2D eigenvalue weighted by Gasteiger charge is 2.37. The highest BCUT2D eigenvalue weighted by Crippen LogP contribution is 2.32. The van der Waals surface area contributed by atoms with Gasteiger partial charge in [0.15, 0.2) is 11.3 Å². The minimum absolute atomic E-state index is 0.141. The highest BCUT2D eigenvalue weighted by molar-refractivity contribution is 6.00. The Hall–Kier alpha value is -4.17. The van der Waals surface area contributed by atoms with E-state index in [1.807, 2.05) is 0 Å². The number of amides is 2. The molecule has 170 valence electrons. The number of anilines is 1. The third kappa shape index (κ3) is 4.16. The summed E-state index contributed by atoms with van der Waals surface area (Å²) in [5.74, 6) is 5.48. The quantitative estimate of drug-likeness (QED) is 0.413. The van der Waals surface area contributed by atoms with Crippen molar-refractivity contribution in [3.05, 3.63) is 54.1 Å². The normalized spacial score (nSPS) is 17.6. The molecule has 33 heavy (non-hydrogen) atoms. The smallest absolute Gasteiger partial charge is 0.255 e. The third-order valence-corrected chi connectivity index (χ3v) is 5.52. The minimum Gasteiger partial charge on any atom is -0.383 e. The Morgan fingerprint density at radius 1 is 1.39 bits per heavy atom. The van der Waals surface area contributed by atoms with E-state index in [0.717, 1.165) is 0 Å². The molecule has 3 aromatic heterocycles. The van der Waals surface area contributed by atoms with E-state index < -0.39 is 5.91 Å². The number of carbonyl (C=O) groups excluding carboxylic acids is 2. The fraction of sp³-hybridized carbons (Fsp3) is 0.318. The Bertz CT molecular complexity index is 1280. The molecule has 0 unspecified atom stereocenters. The van der Waals surface area contributed by atoms with Crippen molar-refractivity contribution >= 4 is 23.3 Å². The number of aromatic nitrogens is 5. The van der Waals surface area contributed by atoms with Gasteiger partial charge in [0.05, 0.1) is 24.9 Å². The summed E-state index contributed by atoms with van der Waals surface area (Å²) in [6, 6.07) is 3.14. The van der Waals surface area contributed by atoms with E-state index in [4.69, 9.17) is 10.5 Å². The molecule has 3 aromatic rings. The van der Waals surface area contributed by atoms with Crippen molar-refractivity contribution in [3.8, 4) is 11.8 Å². The second-order valence-electron chi connectivity index (χ2n) is 7.52. The van der Waals surface area contributed by atoms with Gasteiger partial charge in [-0.15, -0.1) is 0 Å². The van der Waals surface area contributed by atoms with Crippen LogP contribution in [0.5, 0.6) is 0 Å². The number of methoxy groups -OCH3 is 1. The molecule has 4 rings (SSSR count). The van der Waals surface area contributed by atoms with E-state index in [0.29, 0.717) is 36.7 Å². The first-order valence-corrected chi connectivity index (χ1v) is 10.3. The van der Waals surface area contributed by atoms with Crippen molar-refractivity contribution in [1.82, 2.24) is 29.3 Å². The summed E-state index contributed by atoms with van der Waals surface area (Å²) in [4.78, 5) is 30.8. The molecule has 1 aliphatic heterocycles. The van der Waals surface area contributed by atoms with Crippen molar-refractivity contribution in [3.63, 3.8) is 0 Å². The molecule has 2 atom stereocenters. The maximum absolute atomic E-state index is 12.3. The number of nitrogens with two attached hydrogens (primary N) is 1. The summed E-state index contributed by atoms with van der Waals surface area (Å²) < 4.78 is 8.59. The molecule has 0 saturated carbocycles. The first-order chi connectivity index (χ1) is 16.0.